The Balaban J connectivity index is 2.63. The first-order valence-electron chi connectivity index (χ1n) is 6.16. The van der Waals surface area contributed by atoms with Gasteiger partial charge in [0, 0.05) is 6.08 Å². The maximum atomic E-state index is 11.7. The lowest BCUT2D eigenvalue weighted by atomic mass is 10.0. The Labute approximate surface area is 113 Å². The van der Waals surface area contributed by atoms with Gasteiger partial charge in [0.25, 0.3) is 0 Å². The monoisotopic (exact) mass is 261 g/mol. The standard InChI is InChI=1S/C15H19NO3/c1-11(2)14(15(18)19-3)16-13(17)10-9-12-7-5-4-6-8-12/h4-11,14H,1-3H3,(H,16,17)/b10-9-/t14-/m0/s1. The van der Waals surface area contributed by atoms with Crippen LogP contribution in [0.1, 0.15) is 19.4 Å². The third kappa shape index (κ3) is 4.95. The number of nitrogens with one attached hydrogen (secondary N) is 1. The van der Waals surface area contributed by atoms with Gasteiger partial charge >= 0.3 is 5.97 Å². The summed E-state index contributed by atoms with van der Waals surface area (Å²) >= 11 is 0. The molecule has 0 aliphatic rings. The SMILES string of the molecule is COC(=O)[C@@H](NC(=O)/C=C\c1ccccc1)C(C)C. The molecule has 0 aliphatic heterocycles. The van der Waals surface area contributed by atoms with Gasteiger partial charge in [-0.3, -0.25) is 4.79 Å². The van der Waals surface area contributed by atoms with Crippen molar-refractivity contribution in [2.45, 2.75) is 19.9 Å². The number of carbonyl (C=O) groups is 2. The van der Waals surface area contributed by atoms with Crippen molar-refractivity contribution in [3.05, 3.63) is 42.0 Å². The van der Waals surface area contributed by atoms with Gasteiger partial charge in [-0.25, -0.2) is 4.79 Å². The number of hydrogen-bond donors (Lipinski definition) is 1. The molecule has 0 aliphatic carbocycles. The summed E-state index contributed by atoms with van der Waals surface area (Å²) in [7, 11) is 1.31. The Morgan fingerprint density at radius 2 is 1.84 bits per heavy atom. The van der Waals surface area contributed by atoms with Gasteiger partial charge < -0.3 is 10.1 Å². The molecule has 4 nitrogen and oxygen atoms in total. The topological polar surface area (TPSA) is 55.4 Å². The van der Waals surface area contributed by atoms with Crippen molar-refractivity contribution in [3.63, 3.8) is 0 Å². The molecule has 1 atom stereocenters. The van der Waals surface area contributed by atoms with Gasteiger partial charge in [0.15, 0.2) is 0 Å². The zero-order valence-electron chi connectivity index (χ0n) is 11.4. The van der Waals surface area contributed by atoms with Gasteiger partial charge in [0.2, 0.25) is 5.91 Å². The molecule has 1 aromatic rings. The second kappa shape index (κ2) is 7.36. The van der Waals surface area contributed by atoms with Crippen LogP contribution in [0.4, 0.5) is 0 Å². The maximum absolute atomic E-state index is 11.7. The highest BCUT2D eigenvalue weighted by molar-refractivity contribution is 5.94. The number of benzene rings is 1. The Morgan fingerprint density at radius 1 is 1.21 bits per heavy atom. The lowest BCUT2D eigenvalue weighted by Gasteiger charge is -2.18. The van der Waals surface area contributed by atoms with E-state index in [2.05, 4.69) is 10.1 Å². The number of carbonyl (C=O) groups excluding carboxylic acids is 2. The first-order valence-corrected chi connectivity index (χ1v) is 6.16. The average molecular weight is 261 g/mol. The molecule has 19 heavy (non-hydrogen) atoms. The minimum Gasteiger partial charge on any atom is -0.467 e. The van der Waals surface area contributed by atoms with Gasteiger partial charge in [-0.1, -0.05) is 44.2 Å². The lowest BCUT2D eigenvalue weighted by Crippen LogP contribution is -2.44. The Morgan fingerprint density at radius 3 is 2.37 bits per heavy atom. The van der Waals surface area contributed by atoms with Crippen molar-refractivity contribution in [3.8, 4) is 0 Å². The molecular formula is C15H19NO3. The number of esters is 1. The third-order valence-electron chi connectivity index (χ3n) is 2.65. The number of ether oxygens (including phenoxy) is 1. The van der Waals surface area contributed by atoms with Crippen LogP contribution in [0.15, 0.2) is 36.4 Å². The Hall–Kier alpha value is -2.10. The van der Waals surface area contributed by atoms with Crippen molar-refractivity contribution in [2.75, 3.05) is 7.11 Å². The predicted molar refractivity (Wildman–Crippen MR) is 74.3 cm³/mol. The summed E-state index contributed by atoms with van der Waals surface area (Å²) in [5, 5.41) is 2.64. The third-order valence-corrected chi connectivity index (χ3v) is 2.65. The van der Waals surface area contributed by atoms with Crippen molar-refractivity contribution in [1.82, 2.24) is 5.32 Å². The van der Waals surface area contributed by atoms with Crippen LogP contribution in [0.25, 0.3) is 6.08 Å². The quantitative estimate of drug-likeness (QED) is 0.651. The molecule has 0 fully saturated rings. The maximum Gasteiger partial charge on any atom is 0.328 e. The highest BCUT2D eigenvalue weighted by Gasteiger charge is 2.23. The first-order chi connectivity index (χ1) is 9.04. The summed E-state index contributed by atoms with van der Waals surface area (Å²) in [4.78, 5) is 23.2. The molecule has 4 heteroatoms. The van der Waals surface area contributed by atoms with E-state index >= 15 is 0 Å². The van der Waals surface area contributed by atoms with Crippen LogP contribution in [0.3, 0.4) is 0 Å². The zero-order valence-corrected chi connectivity index (χ0v) is 11.4. The van der Waals surface area contributed by atoms with E-state index in [9.17, 15) is 9.59 Å². The summed E-state index contributed by atoms with van der Waals surface area (Å²) in [6, 6.07) is 8.85. The van der Waals surface area contributed by atoms with Crippen LogP contribution >= 0.6 is 0 Å². The summed E-state index contributed by atoms with van der Waals surface area (Å²) in [6.45, 7) is 3.70. The summed E-state index contributed by atoms with van der Waals surface area (Å²) in [6.07, 6.45) is 3.11. The molecule has 0 saturated heterocycles. The van der Waals surface area contributed by atoms with E-state index < -0.39 is 12.0 Å². The zero-order chi connectivity index (χ0) is 14.3. The number of amides is 1. The van der Waals surface area contributed by atoms with Crippen molar-refractivity contribution in [1.29, 1.82) is 0 Å². The second-order valence-electron chi connectivity index (χ2n) is 4.50. The van der Waals surface area contributed by atoms with E-state index in [1.165, 1.54) is 13.2 Å². The van der Waals surface area contributed by atoms with Gasteiger partial charge in [0.05, 0.1) is 7.11 Å². The van der Waals surface area contributed by atoms with E-state index in [0.717, 1.165) is 5.56 Å². The molecule has 1 aromatic carbocycles. The van der Waals surface area contributed by atoms with Crippen molar-refractivity contribution < 1.29 is 14.3 Å². The van der Waals surface area contributed by atoms with E-state index in [4.69, 9.17) is 0 Å². The smallest absolute Gasteiger partial charge is 0.328 e. The van der Waals surface area contributed by atoms with Crippen molar-refractivity contribution in [2.24, 2.45) is 5.92 Å². The molecule has 1 amide bonds. The highest BCUT2D eigenvalue weighted by atomic mass is 16.5. The molecule has 1 N–H and O–H groups in total. The van der Waals surface area contributed by atoms with Crippen LogP contribution in [0.2, 0.25) is 0 Å². The summed E-state index contributed by atoms with van der Waals surface area (Å²) in [5.41, 5.74) is 0.928. The number of rotatable bonds is 5. The molecule has 0 bridgehead atoms. The van der Waals surface area contributed by atoms with Crippen LogP contribution < -0.4 is 5.32 Å². The summed E-state index contributed by atoms with van der Waals surface area (Å²) < 4.78 is 4.66. The Kier molecular flexibility index (Phi) is 5.79. The molecule has 0 unspecified atom stereocenters. The van der Waals surface area contributed by atoms with E-state index in [0.29, 0.717) is 0 Å². The molecule has 0 radical (unpaired) electrons. The minimum absolute atomic E-state index is 0.0264. The van der Waals surface area contributed by atoms with E-state index in [1.54, 1.807) is 6.08 Å². The molecule has 102 valence electrons. The normalized spacial score (nSPS) is 12.4. The fraction of sp³-hybridized carbons (Fsp3) is 0.333. The van der Waals surface area contributed by atoms with Crippen LogP contribution in [-0.4, -0.2) is 25.0 Å². The van der Waals surface area contributed by atoms with Crippen LogP contribution in [0.5, 0.6) is 0 Å². The minimum atomic E-state index is -0.627. The fourth-order valence-electron chi connectivity index (χ4n) is 1.56. The first kappa shape index (κ1) is 15.0. The molecule has 0 spiro atoms. The van der Waals surface area contributed by atoms with Crippen LogP contribution in [0, 0.1) is 5.92 Å². The highest BCUT2D eigenvalue weighted by Crippen LogP contribution is 2.04. The molecule has 0 aromatic heterocycles. The van der Waals surface area contributed by atoms with Gasteiger partial charge in [0.1, 0.15) is 6.04 Å². The molecule has 0 heterocycles. The van der Waals surface area contributed by atoms with Gasteiger partial charge in [-0.2, -0.15) is 0 Å². The van der Waals surface area contributed by atoms with Crippen molar-refractivity contribution >= 4 is 18.0 Å². The second-order valence-corrected chi connectivity index (χ2v) is 4.50. The average Bonchev–Trinajstić information content (AvgIpc) is 2.42. The number of hydrogen-bond acceptors (Lipinski definition) is 3. The van der Waals surface area contributed by atoms with Crippen LogP contribution in [-0.2, 0) is 14.3 Å². The van der Waals surface area contributed by atoms with Gasteiger partial charge in [-0.15, -0.1) is 0 Å². The Bertz CT molecular complexity index is 452. The van der Waals surface area contributed by atoms with E-state index in [-0.39, 0.29) is 11.8 Å². The summed E-state index contributed by atoms with van der Waals surface area (Å²) in [5.74, 6) is -0.772. The molecular weight excluding hydrogens is 242 g/mol. The lowest BCUT2D eigenvalue weighted by molar-refractivity contribution is -0.145. The fourth-order valence-corrected chi connectivity index (χ4v) is 1.56. The molecule has 0 saturated carbocycles. The van der Waals surface area contributed by atoms with Gasteiger partial charge in [-0.05, 0) is 17.6 Å². The largest absolute Gasteiger partial charge is 0.467 e. The predicted octanol–water partition coefficient (Wildman–Crippen LogP) is 2.01. The van der Waals surface area contributed by atoms with E-state index in [1.807, 2.05) is 44.2 Å². The number of methoxy groups -OCH3 is 1. The molecule has 1 rings (SSSR count).